The van der Waals surface area contributed by atoms with E-state index in [1.165, 1.54) is 0 Å². The molecule has 0 saturated carbocycles. The molecule has 0 atom stereocenters. The summed E-state index contributed by atoms with van der Waals surface area (Å²) in [6.45, 7) is 4.26. The average molecular weight is 380 g/mol. The molecule has 6 nitrogen and oxygen atoms in total. The molecular formula is C17H18ClN3O3S. The minimum atomic E-state index is -0.228. The van der Waals surface area contributed by atoms with Gasteiger partial charge in [-0.25, -0.2) is 0 Å². The lowest BCUT2D eigenvalue weighted by Crippen LogP contribution is -2.24. The molecule has 1 aliphatic carbocycles. The predicted molar refractivity (Wildman–Crippen MR) is 96.6 cm³/mol. The van der Waals surface area contributed by atoms with Crippen molar-refractivity contribution in [2.75, 3.05) is 5.32 Å². The van der Waals surface area contributed by atoms with Crippen molar-refractivity contribution >= 4 is 34.8 Å². The highest BCUT2D eigenvalue weighted by Gasteiger charge is 2.34. The third-order valence-electron chi connectivity index (χ3n) is 3.73. The Morgan fingerprint density at radius 3 is 2.68 bits per heavy atom. The van der Waals surface area contributed by atoms with E-state index in [4.69, 9.17) is 16.0 Å². The molecule has 2 N–H and O–H groups in total. The number of aliphatic hydroxyl groups is 1. The van der Waals surface area contributed by atoms with Crippen molar-refractivity contribution in [1.82, 2.24) is 10.2 Å². The summed E-state index contributed by atoms with van der Waals surface area (Å²) in [6.07, 6.45) is 0.846. The summed E-state index contributed by atoms with van der Waals surface area (Å²) >= 11 is 6.86. The molecule has 0 saturated heterocycles. The Morgan fingerprint density at radius 2 is 2.00 bits per heavy atom. The number of Topliss-reactive ketones (excluding diaryl/α,β-unsaturated/α-hetero) is 1. The van der Waals surface area contributed by atoms with Gasteiger partial charge in [-0.1, -0.05) is 25.4 Å². The molecule has 0 bridgehead atoms. The van der Waals surface area contributed by atoms with Crippen LogP contribution in [-0.2, 0) is 11.3 Å². The van der Waals surface area contributed by atoms with Gasteiger partial charge in [-0.3, -0.25) is 4.79 Å². The van der Waals surface area contributed by atoms with E-state index in [1.54, 1.807) is 12.1 Å². The van der Waals surface area contributed by atoms with Crippen molar-refractivity contribution < 1.29 is 14.3 Å². The van der Waals surface area contributed by atoms with Crippen LogP contribution in [0.25, 0.3) is 0 Å². The number of thioether (sulfide) groups is 1. The zero-order valence-electron chi connectivity index (χ0n) is 13.9. The van der Waals surface area contributed by atoms with Gasteiger partial charge in [0.25, 0.3) is 5.22 Å². The molecule has 1 heterocycles. The van der Waals surface area contributed by atoms with Crippen molar-refractivity contribution in [3.63, 3.8) is 0 Å². The molecule has 0 unspecified atom stereocenters. The summed E-state index contributed by atoms with van der Waals surface area (Å²) < 4.78 is 5.54. The second-order valence-corrected chi connectivity index (χ2v) is 8.04. The van der Waals surface area contributed by atoms with E-state index in [9.17, 15) is 9.90 Å². The van der Waals surface area contributed by atoms with Crippen LogP contribution in [0.5, 0.6) is 0 Å². The molecule has 0 radical (unpaired) electrons. The predicted octanol–water partition coefficient (Wildman–Crippen LogP) is 4.59. The lowest BCUT2D eigenvalue weighted by Gasteiger charge is -2.28. The van der Waals surface area contributed by atoms with Crippen LogP contribution in [0.3, 0.4) is 0 Å². The fourth-order valence-electron chi connectivity index (χ4n) is 2.57. The summed E-state index contributed by atoms with van der Waals surface area (Å²) in [6, 6.07) is 7.26. The van der Waals surface area contributed by atoms with Gasteiger partial charge in [-0.2, -0.15) is 0 Å². The standard InChI is InChI=1S/C17H18ClN3O3S/c1-17(2)7-12(22)15(13(23)8-17)25-16-21-20-14(24-16)9-19-11-5-3-10(18)4-6-11/h3-6,19,22H,7-9H2,1-2H3. The lowest BCUT2D eigenvalue weighted by atomic mass is 9.79. The number of ketones is 1. The molecule has 1 aromatic carbocycles. The van der Waals surface area contributed by atoms with Crippen molar-refractivity contribution in [1.29, 1.82) is 0 Å². The van der Waals surface area contributed by atoms with E-state index in [-0.39, 0.29) is 22.2 Å². The van der Waals surface area contributed by atoms with Crippen molar-refractivity contribution in [3.8, 4) is 0 Å². The van der Waals surface area contributed by atoms with Gasteiger partial charge in [-0.15, -0.1) is 10.2 Å². The normalized spacial score (nSPS) is 17.0. The number of rotatable bonds is 5. The second kappa shape index (κ2) is 7.09. The van der Waals surface area contributed by atoms with Gasteiger partial charge in [-0.05, 0) is 41.4 Å². The largest absolute Gasteiger partial charge is 0.511 e. The maximum absolute atomic E-state index is 12.2. The number of aromatic nitrogens is 2. The van der Waals surface area contributed by atoms with E-state index in [0.717, 1.165) is 17.4 Å². The topological polar surface area (TPSA) is 88.3 Å². The van der Waals surface area contributed by atoms with Gasteiger partial charge in [0.05, 0.1) is 11.4 Å². The van der Waals surface area contributed by atoms with Crippen molar-refractivity contribution in [3.05, 3.63) is 45.8 Å². The van der Waals surface area contributed by atoms with Gasteiger partial charge in [0.2, 0.25) is 5.89 Å². The first-order chi connectivity index (χ1) is 11.8. The molecule has 1 aliphatic rings. The molecule has 1 aromatic heterocycles. The molecule has 3 rings (SSSR count). The van der Waals surface area contributed by atoms with Crippen LogP contribution in [0.1, 0.15) is 32.6 Å². The molecule has 0 fully saturated rings. The summed E-state index contributed by atoms with van der Waals surface area (Å²) in [7, 11) is 0. The van der Waals surface area contributed by atoms with Gasteiger partial charge >= 0.3 is 0 Å². The monoisotopic (exact) mass is 379 g/mol. The minimum absolute atomic E-state index is 0.0882. The highest BCUT2D eigenvalue weighted by atomic mass is 35.5. The van der Waals surface area contributed by atoms with Crippen LogP contribution in [0, 0.1) is 5.41 Å². The average Bonchev–Trinajstić information content (AvgIpc) is 2.97. The van der Waals surface area contributed by atoms with E-state index < -0.39 is 0 Å². The summed E-state index contributed by atoms with van der Waals surface area (Å²) in [5.41, 5.74) is 0.648. The van der Waals surface area contributed by atoms with Gasteiger partial charge in [0.1, 0.15) is 5.76 Å². The molecular weight excluding hydrogens is 362 g/mol. The number of hydrogen-bond acceptors (Lipinski definition) is 7. The minimum Gasteiger partial charge on any atom is -0.511 e. The van der Waals surface area contributed by atoms with Gasteiger partial charge < -0.3 is 14.8 Å². The summed E-state index contributed by atoms with van der Waals surface area (Å²) in [5.74, 6) is 0.379. The number of nitrogens with zero attached hydrogens (tertiary/aromatic N) is 2. The lowest BCUT2D eigenvalue weighted by molar-refractivity contribution is -0.117. The zero-order chi connectivity index (χ0) is 18.0. The van der Waals surface area contributed by atoms with Crippen LogP contribution in [0.4, 0.5) is 5.69 Å². The fourth-order valence-corrected chi connectivity index (χ4v) is 3.47. The van der Waals surface area contributed by atoms with Crippen LogP contribution in [0.2, 0.25) is 5.02 Å². The Hall–Kier alpha value is -1.99. The molecule has 0 aliphatic heterocycles. The number of carbonyl (C=O) groups is 1. The van der Waals surface area contributed by atoms with E-state index >= 15 is 0 Å². The van der Waals surface area contributed by atoms with Crippen LogP contribution >= 0.6 is 23.4 Å². The number of hydrogen-bond donors (Lipinski definition) is 2. The Morgan fingerprint density at radius 1 is 1.28 bits per heavy atom. The highest BCUT2D eigenvalue weighted by molar-refractivity contribution is 8.03. The van der Waals surface area contributed by atoms with E-state index in [2.05, 4.69) is 15.5 Å². The van der Waals surface area contributed by atoms with Crippen molar-refractivity contribution in [2.45, 2.75) is 38.5 Å². The SMILES string of the molecule is CC1(C)CC(=O)C(Sc2nnc(CNc3ccc(Cl)cc3)o2)=C(O)C1. The maximum Gasteiger partial charge on any atom is 0.281 e. The van der Waals surface area contributed by atoms with Gasteiger partial charge in [0, 0.05) is 23.6 Å². The smallest absolute Gasteiger partial charge is 0.281 e. The van der Waals surface area contributed by atoms with E-state index in [0.29, 0.717) is 35.2 Å². The molecule has 0 amide bonds. The van der Waals surface area contributed by atoms with Crippen LogP contribution < -0.4 is 5.32 Å². The quantitative estimate of drug-likeness (QED) is 0.785. The number of anilines is 1. The molecule has 2 aromatic rings. The first kappa shape index (κ1) is 17.8. The Kier molecular flexibility index (Phi) is 5.06. The van der Waals surface area contributed by atoms with Crippen molar-refractivity contribution in [2.24, 2.45) is 5.41 Å². The van der Waals surface area contributed by atoms with E-state index in [1.807, 2.05) is 26.0 Å². The summed E-state index contributed by atoms with van der Waals surface area (Å²) in [5, 5.41) is 22.1. The molecule has 8 heteroatoms. The summed E-state index contributed by atoms with van der Waals surface area (Å²) in [4.78, 5) is 12.5. The van der Waals surface area contributed by atoms with Crippen LogP contribution in [-0.4, -0.2) is 21.1 Å². The fraction of sp³-hybridized carbons (Fsp3) is 0.353. The Balaban J connectivity index is 1.64. The molecule has 0 spiro atoms. The first-order valence-electron chi connectivity index (χ1n) is 7.77. The number of halogens is 1. The highest BCUT2D eigenvalue weighted by Crippen LogP contribution is 2.41. The van der Waals surface area contributed by atoms with Gasteiger partial charge in [0.15, 0.2) is 5.78 Å². The number of benzene rings is 1. The third-order valence-corrected chi connectivity index (χ3v) is 4.99. The maximum atomic E-state index is 12.2. The molecule has 132 valence electrons. The number of aliphatic hydroxyl groups excluding tert-OH is 1. The second-order valence-electron chi connectivity index (χ2n) is 6.64. The number of carbonyl (C=O) groups excluding carboxylic acids is 1. The third kappa shape index (κ3) is 4.55. The molecule has 25 heavy (non-hydrogen) atoms. The zero-order valence-corrected chi connectivity index (χ0v) is 15.4. The first-order valence-corrected chi connectivity index (χ1v) is 8.97. The Labute approximate surface area is 154 Å². The number of allylic oxidation sites excluding steroid dienone is 2. The van der Waals surface area contributed by atoms with Crippen LogP contribution in [0.15, 0.2) is 44.6 Å². The number of nitrogens with one attached hydrogen (secondary N) is 1. The Bertz CT molecular complexity index is 815.